The van der Waals surface area contributed by atoms with Crippen LogP contribution in [0.2, 0.25) is 0 Å². The van der Waals surface area contributed by atoms with Crippen molar-refractivity contribution in [2.75, 3.05) is 0 Å². The number of benzene rings is 1. The molecule has 1 fully saturated rings. The van der Waals surface area contributed by atoms with Crippen LogP contribution in [0.25, 0.3) is 0 Å². The average Bonchev–Trinajstić information content (AvgIpc) is 3.31. The standard InChI is InChI=1S/C17H17N3O2/c1-13-9-19(10-14-5-3-2-4-6-14)16(22)20(15(13)21)12-17(11-18)7-8-17/h2-6,9H,7-8,10,12H2,1H3. The molecule has 0 N–H and O–H groups in total. The minimum atomic E-state index is -0.526. The smallest absolute Gasteiger partial charge is 0.296 e. The van der Waals surface area contributed by atoms with Crippen LogP contribution in [0, 0.1) is 23.7 Å². The Hall–Kier alpha value is -2.61. The zero-order valence-corrected chi connectivity index (χ0v) is 12.5. The molecule has 0 spiro atoms. The topological polar surface area (TPSA) is 67.8 Å². The number of hydrogen-bond donors (Lipinski definition) is 0. The summed E-state index contributed by atoms with van der Waals surface area (Å²) in [6.07, 6.45) is 3.10. The van der Waals surface area contributed by atoms with Gasteiger partial charge in [0.2, 0.25) is 0 Å². The van der Waals surface area contributed by atoms with Crippen LogP contribution in [0.4, 0.5) is 0 Å². The van der Waals surface area contributed by atoms with Crippen molar-refractivity contribution in [1.29, 1.82) is 5.26 Å². The summed E-state index contributed by atoms with van der Waals surface area (Å²) in [6.45, 7) is 2.31. The van der Waals surface area contributed by atoms with Crippen LogP contribution < -0.4 is 11.2 Å². The molecule has 1 saturated carbocycles. The zero-order chi connectivity index (χ0) is 15.7. The van der Waals surface area contributed by atoms with Crippen LogP contribution in [0.3, 0.4) is 0 Å². The van der Waals surface area contributed by atoms with Gasteiger partial charge in [-0.3, -0.25) is 13.9 Å². The minimum Gasteiger partial charge on any atom is -0.296 e. The summed E-state index contributed by atoms with van der Waals surface area (Å²) >= 11 is 0. The van der Waals surface area contributed by atoms with Gasteiger partial charge in [0.25, 0.3) is 5.56 Å². The van der Waals surface area contributed by atoms with E-state index in [1.807, 2.05) is 30.3 Å². The predicted molar refractivity (Wildman–Crippen MR) is 82.5 cm³/mol. The van der Waals surface area contributed by atoms with Gasteiger partial charge < -0.3 is 0 Å². The van der Waals surface area contributed by atoms with E-state index in [2.05, 4.69) is 6.07 Å². The number of nitrogens with zero attached hydrogens (tertiary/aromatic N) is 3. The highest BCUT2D eigenvalue weighted by Crippen LogP contribution is 2.45. The zero-order valence-electron chi connectivity index (χ0n) is 12.5. The van der Waals surface area contributed by atoms with Crippen LogP contribution in [0.5, 0.6) is 0 Å². The van der Waals surface area contributed by atoms with Gasteiger partial charge in [-0.15, -0.1) is 0 Å². The van der Waals surface area contributed by atoms with Gasteiger partial charge in [-0.1, -0.05) is 30.3 Å². The molecule has 0 saturated heterocycles. The molecule has 5 nitrogen and oxygen atoms in total. The van der Waals surface area contributed by atoms with E-state index in [9.17, 15) is 14.9 Å². The summed E-state index contributed by atoms with van der Waals surface area (Å²) in [6, 6.07) is 11.9. The third-order valence-electron chi connectivity index (χ3n) is 4.16. The first-order valence-corrected chi connectivity index (χ1v) is 7.31. The molecule has 0 bridgehead atoms. The Bertz CT molecular complexity index is 852. The van der Waals surface area contributed by atoms with E-state index in [0.717, 1.165) is 18.4 Å². The minimum absolute atomic E-state index is 0.192. The maximum atomic E-state index is 12.6. The molecule has 112 valence electrons. The number of aryl methyl sites for hydroxylation is 1. The third kappa shape index (κ3) is 2.60. The Balaban J connectivity index is 2.02. The Morgan fingerprint density at radius 2 is 1.91 bits per heavy atom. The highest BCUT2D eigenvalue weighted by Gasteiger charge is 2.44. The quantitative estimate of drug-likeness (QED) is 0.861. The lowest BCUT2D eigenvalue weighted by Crippen LogP contribution is -2.42. The second-order valence-corrected chi connectivity index (χ2v) is 5.99. The van der Waals surface area contributed by atoms with Gasteiger partial charge in [-0.25, -0.2) is 4.79 Å². The van der Waals surface area contributed by atoms with Crippen molar-refractivity contribution in [3.63, 3.8) is 0 Å². The first-order chi connectivity index (χ1) is 10.5. The molecule has 0 radical (unpaired) electrons. The van der Waals surface area contributed by atoms with Crippen LogP contribution in [-0.4, -0.2) is 9.13 Å². The van der Waals surface area contributed by atoms with Gasteiger partial charge in [0.05, 0.1) is 18.0 Å². The van der Waals surface area contributed by atoms with Crippen LogP contribution >= 0.6 is 0 Å². The second kappa shape index (κ2) is 5.30. The monoisotopic (exact) mass is 295 g/mol. The van der Waals surface area contributed by atoms with Gasteiger partial charge in [-0.2, -0.15) is 5.26 Å². The summed E-state index contributed by atoms with van der Waals surface area (Å²) in [5, 5.41) is 9.20. The molecule has 2 aromatic rings. The maximum Gasteiger partial charge on any atom is 0.331 e. The largest absolute Gasteiger partial charge is 0.331 e. The number of rotatable bonds is 4. The first-order valence-electron chi connectivity index (χ1n) is 7.31. The van der Waals surface area contributed by atoms with Crippen LogP contribution in [0.1, 0.15) is 24.0 Å². The second-order valence-electron chi connectivity index (χ2n) is 5.99. The van der Waals surface area contributed by atoms with Crippen molar-refractivity contribution >= 4 is 0 Å². The summed E-state index contributed by atoms with van der Waals surface area (Å²) in [5.74, 6) is 0. The van der Waals surface area contributed by atoms with Crippen molar-refractivity contribution in [3.8, 4) is 6.07 Å². The molecule has 1 aromatic heterocycles. The molecule has 0 aliphatic heterocycles. The molecular formula is C17H17N3O2. The van der Waals surface area contributed by atoms with Crippen LogP contribution in [-0.2, 0) is 13.1 Å². The van der Waals surface area contributed by atoms with E-state index in [0.29, 0.717) is 12.1 Å². The Morgan fingerprint density at radius 1 is 1.23 bits per heavy atom. The van der Waals surface area contributed by atoms with Gasteiger partial charge in [0, 0.05) is 18.3 Å². The van der Waals surface area contributed by atoms with E-state index in [4.69, 9.17) is 0 Å². The first kappa shape index (κ1) is 14.3. The SMILES string of the molecule is Cc1cn(Cc2ccccc2)c(=O)n(CC2(C#N)CC2)c1=O. The molecule has 3 rings (SSSR count). The fourth-order valence-corrected chi connectivity index (χ4v) is 2.59. The van der Waals surface area contributed by atoms with Crippen LogP contribution in [0.15, 0.2) is 46.1 Å². The molecule has 1 heterocycles. The highest BCUT2D eigenvalue weighted by atomic mass is 16.2. The highest BCUT2D eigenvalue weighted by molar-refractivity contribution is 5.16. The summed E-state index contributed by atoms with van der Waals surface area (Å²) < 4.78 is 2.76. The van der Waals surface area contributed by atoms with Crippen molar-refractivity contribution in [1.82, 2.24) is 9.13 Å². The summed E-state index contributed by atoms with van der Waals surface area (Å²) in [7, 11) is 0. The van der Waals surface area contributed by atoms with Crippen molar-refractivity contribution in [2.24, 2.45) is 5.41 Å². The lowest BCUT2D eigenvalue weighted by atomic mass is 10.1. The number of hydrogen-bond acceptors (Lipinski definition) is 3. The Morgan fingerprint density at radius 3 is 2.50 bits per heavy atom. The lowest BCUT2D eigenvalue weighted by molar-refractivity contribution is 0.474. The molecule has 5 heteroatoms. The van der Waals surface area contributed by atoms with Crippen molar-refractivity contribution in [2.45, 2.75) is 32.9 Å². The molecule has 1 aliphatic rings. The van der Waals surface area contributed by atoms with E-state index in [-0.39, 0.29) is 17.8 Å². The van der Waals surface area contributed by atoms with Gasteiger partial charge >= 0.3 is 5.69 Å². The summed E-state index contributed by atoms with van der Waals surface area (Å²) in [5.41, 5.74) is 0.346. The maximum absolute atomic E-state index is 12.6. The van der Waals surface area contributed by atoms with Crippen molar-refractivity contribution in [3.05, 3.63) is 68.5 Å². The number of nitriles is 1. The Kier molecular flexibility index (Phi) is 3.45. The Labute approximate surface area is 128 Å². The van der Waals surface area contributed by atoms with E-state index < -0.39 is 5.41 Å². The predicted octanol–water partition coefficient (Wildman–Crippen LogP) is 1.67. The molecule has 0 atom stereocenters. The third-order valence-corrected chi connectivity index (χ3v) is 4.16. The van der Waals surface area contributed by atoms with E-state index >= 15 is 0 Å². The van der Waals surface area contributed by atoms with Gasteiger partial charge in [0.15, 0.2) is 0 Å². The molecule has 0 unspecified atom stereocenters. The van der Waals surface area contributed by atoms with E-state index in [1.165, 1.54) is 4.57 Å². The van der Waals surface area contributed by atoms with Gasteiger partial charge in [0.1, 0.15) is 0 Å². The summed E-state index contributed by atoms with van der Waals surface area (Å²) in [4.78, 5) is 24.8. The molecule has 0 amide bonds. The molecule has 22 heavy (non-hydrogen) atoms. The van der Waals surface area contributed by atoms with Crippen molar-refractivity contribution < 1.29 is 0 Å². The fraction of sp³-hybridized carbons (Fsp3) is 0.353. The molecule has 1 aliphatic carbocycles. The molecule has 1 aromatic carbocycles. The van der Waals surface area contributed by atoms with E-state index in [1.54, 1.807) is 17.7 Å². The normalized spacial score (nSPS) is 15.3. The van der Waals surface area contributed by atoms with Gasteiger partial charge in [-0.05, 0) is 25.3 Å². The average molecular weight is 295 g/mol. The lowest BCUT2D eigenvalue weighted by Gasteiger charge is -2.13. The fourth-order valence-electron chi connectivity index (χ4n) is 2.59. The molecular weight excluding hydrogens is 278 g/mol. The number of aromatic nitrogens is 2.